The highest BCUT2D eigenvalue weighted by Crippen LogP contribution is 2.36. The van der Waals surface area contributed by atoms with Crippen molar-refractivity contribution in [2.24, 2.45) is 0 Å². The summed E-state index contributed by atoms with van der Waals surface area (Å²) >= 11 is 0. The highest BCUT2D eigenvalue weighted by atomic mass is 16.5. The summed E-state index contributed by atoms with van der Waals surface area (Å²) in [5.74, 6) is -0.00669. The molecular weight excluding hydrogens is 336 g/mol. The van der Waals surface area contributed by atoms with Gasteiger partial charge in [-0.25, -0.2) is 4.98 Å². The number of ether oxygens (including phenoxy) is 2. The topological polar surface area (TPSA) is 91.5 Å². The summed E-state index contributed by atoms with van der Waals surface area (Å²) in [5.41, 5.74) is 1.93. The lowest BCUT2D eigenvalue weighted by Gasteiger charge is -2.17. The van der Waals surface area contributed by atoms with Crippen molar-refractivity contribution in [3.8, 4) is 5.88 Å². The third-order valence-corrected chi connectivity index (χ3v) is 4.65. The fourth-order valence-corrected chi connectivity index (χ4v) is 3.36. The van der Waals surface area contributed by atoms with Crippen LogP contribution in [-0.2, 0) is 14.3 Å². The number of methoxy groups -OCH3 is 1. The van der Waals surface area contributed by atoms with E-state index in [1.807, 2.05) is 12.1 Å². The average molecular weight is 354 g/mol. The Labute approximate surface area is 149 Å². The third-order valence-electron chi connectivity index (χ3n) is 4.65. The first kappa shape index (κ1) is 16.7. The Kier molecular flexibility index (Phi) is 4.38. The molecule has 1 fully saturated rings. The summed E-state index contributed by atoms with van der Waals surface area (Å²) in [7, 11) is 1.61. The van der Waals surface area contributed by atoms with Crippen molar-refractivity contribution in [2.45, 2.75) is 25.2 Å². The molecule has 0 spiro atoms. The largest absolute Gasteiger partial charge is 0.475 e. The Hall–Kier alpha value is -2.80. The highest BCUT2D eigenvalue weighted by Gasteiger charge is 2.32. The van der Waals surface area contributed by atoms with Crippen LogP contribution >= 0.6 is 0 Å². The minimum absolute atomic E-state index is 0.0107. The lowest BCUT2D eigenvalue weighted by atomic mass is 9.83. The molecule has 0 N–H and O–H groups in total. The molecule has 0 bridgehead atoms. The van der Waals surface area contributed by atoms with Crippen molar-refractivity contribution >= 4 is 33.4 Å². The Morgan fingerprint density at radius 1 is 1.19 bits per heavy atom. The number of pyridine rings is 1. The van der Waals surface area contributed by atoms with E-state index in [9.17, 15) is 9.59 Å². The van der Waals surface area contributed by atoms with E-state index in [0.717, 1.165) is 16.3 Å². The summed E-state index contributed by atoms with van der Waals surface area (Å²) in [5, 5.41) is 5.78. The first-order valence-corrected chi connectivity index (χ1v) is 8.52. The van der Waals surface area contributed by atoms with Crippen LogP contribution in [0, 0.1) is 0 Å². The van der Waals surface area contributed by atoms with Crippen LogP contribution in [0.2, 0.25) is 0 Å². The van der Waals surface area contributed by atoms with Gasteiger partial charge in [0.15, 0.2) is 5.58 Å². The fraction of sp³-hybridized carbons (Fsp3) is 0.368. The standard InChI is InChI=1S/C19H18N2O5/c1-24-8-9-25-17-7-4-12-14(20-17)5-6-16-18(12)19(21-26-16)13-3-2-11(22)10-15(13)23/h4-7,13H,2-3,8-10H2,1H3/t13-/m0/s1. The maximum absolute atomic E-state index is 12.3. The van der Waals surface area contributed by atoms with Gasteiger partial charge in [-0.1, -0.05) is 5.16 Å². The van der Waals surface area contributed by atoms with Crippen LogP contribution in [0.1, 0.15) is 30.9 Å². The molecule has 2 heterocycles. The number of nitrogens with zero attached hydrogens (tertiary/aromatic N) is 2. The molecule has 7 nitrogen and oxygen atoms in total. The number of carbonyl (C=O) groups excluding carboxylic acids is 2. The summed E-state index contributed by atoms with van der Waals surface area (Å²) in [6, 6.07) is 7.30. The van der Waals surface area contributed by atoms with Crippen LogP contribution < -0.4 is 4.74 Å². The van der Waals surface area contributed by atoms with Gasteiger partial charge in [0, 0.05) is 25.0 Å². The van der Waals surface area contributed by atoms with Crippen LogP contribution in [0.3, 0.4) is 0 Å². The second-order valence-corrected chi connectivity index (χ2v) is 6.34. The van der Waals surface area contributed by atoms with E-state index in [2.05, 4.69) is 10.1 Å². The zero-order valence-electron chi connectivity index (χ0n) is 14.4. The Balaban J connectivity index is 1.75. The Bertz CT molecular complexity index is 994. The van der Waals surface area contributed by atoms with Gasteiger partial charge < -0.3 is 14.0 Å². The molecule has 1 atom stereocenters. The smallest absolute Gasteiger partial charge is 0.213 e. The second kappa shape index (κ2) is 6.84. The maximum atomic E-state index is 12.3. The quantitative estimate of drug-likeness (QED) is 0.514. The number of aromatic nitrogens is 2. The molecule has 0 radical (unpaired) electrons. The predicted octanol–water partition coefficient (Wildman–Crippen LogP) is 2.81. The van der Waals surface area contributed by atoms with Gasteiger partial charge in [0.05, 0.1) is 29.8 Å². The first-order chi connectivity index (χ1) is 12.7. The van der Waals surface area contributed by atoms with Crippen molar-refractivity contribution in [2.75, 3.05) is 20.3 Å². The zero-order valence-corrected chi connectivity index (χ0v) is 14.4. The maximum Gasteiger partial charge on any atom is 0.213 e. The van der Waals surface area contributed by atoms with Crippen LogP contribution in [0.5, 0.6) is 5.88 Å². The molecule has 134 valence electrons. The molecule has 2 aromatic heterocycles. The summed E-state index contributed by atoms with van der Waals surface area (Å²) in [6.45, 7) is 0.900. The predicted molar refractivity (Wildman–Crippen MR) is 93.3 cm³/mol. The van der Waals surface area contributed by atoms with Crippen molar-refractivity contribution in [1.82, 2.24) is 10.1 Å². The number of hydrogen-bond donors (Lipinski definition) is 0. The lowest BCUT2D eigenvalue weighted by molar-refractivity contribution is -0.130. The SMILES string of the molecule is COCCOc1ccc2c(ccc3onc([C@H]4CCC(=O)CC4=O)c32)n1. The second-order valence-electron chi connectivity index (χ2n) is 6.34. The van der Waals surface area contributed by atoms with Gasteiger partial charge in [-0.15, -0.1) is 0 Å². The van der Waals surface area contributed by atoms with Gasteiger partial charge >= 0.3 is 0 Å². The van der Waals surface area contributed by atoms with E-state index in [0.29, 0.717) is 43.2 Å². The highest BCUT2D eigenvalue weighted by molar-refractivity contribution is 6.10. The zero-order chi connectivity index (χ0) is 18.1. The molecule has 1 aliphatic carbocycles. The van der Waals surface area contributed by atoms with Gasteiger partial charge in [0.2, 0.25) is 5.88 Å². The molecule has 7 heteroatoms. The van der Waals surface area contributed by atoms with E-state index >= 15 is 0 Å². The van der Waals surface area contributed by atoms with E-state index in [4.69, 9.17) is 14.0 Å². The first-order valence-electron chi connectivity index (χ1n) is 8.52. The minimum Gasteiger partial charge on any atom is -0.475 e. The molecular formula is C19H18N2O5. The number of Topliss-reactive ketones (excluding diaryl/α,β-unsaturated/α-hetero) is 2. The Morgan fingerprint density at radius 3 is 2.88 bits per heavy atom. The summed E-state index contributed by atoms with van der Waals surface area (Å²) < 4.78 is 16.0. The Morgan fingerprint density at radius 2 is 2.08 bits per heavy atom. The number of fused-ring (bicyclic) bond motifs is 3. The van der Waals surface area contributed by atoms with Gasteiger partial charge in [0.25, 0.3) is 0 Å². The van der Waals surface area contributed by atoms with Crippen LogP contribution in [0.25, 0.3) is 21.9 Å². The molecule has 0 saturated heterocycles. The molecule has 0 unspecified atom stereocenters. The summed E-state index contributed by atoms with van der Waals surface area (Å²) in [4.78, 5) is 28.4. The fourth-order valence-electron chi connectivity index (χ4n) is 3.36. The third kappa shape index (κ3) is 2.94. The molecule has 3 aromatic rings. The van der Waals surface area contributed by atoms with Crippen molar-refractivity contribution in [3.05, 3.63) is 30.0 Å². The van der Waals surface area contributed by atoms with Crippen LogP contribution in [0.15, 0.2) is 28.8 Å². The number of rotatable bonds is 5. The molecule has 0 amide bonds. The van der Waals surface area contributed by atoms with Gasteiger partial charge in [-0.2, -0.15) is 0 Å². The average Bonchev–Trinajstić information content (AvgIpc) is 3.06. The lowest BCUT2D eigenvalue weighted by Crippen LogP contribution is -2.23. The van der Waals surface area contributed by atoms with E-state index in [-0.39, 0.29) is 18.0 Å². The molecule has 26 heavy (non-hydrogen) atoms. The van der Waals surface area contributed by atoms with Gasteiger partial charge in [-0.05, 0) is 24.6 Å². The monoisotopic (exact) mass is 354 g/mol. The number of hydrogen-bond acceptors (Lipinski definition) is 7. The summed E-state index contributed by atoms with van der Waals surface area (Å²) in [6.07, 6.45) is 0.839. The van der Waals surface area contributed by atoms with Gasteiger partial charge in [-0.3, -0.25) is 9.59 Å². The molecule has 0 aliphatic heterocycles. The normalized spacial score (nSPS) is 18.0. The molecule has 1 saturated carbocycles. The number of carbonyl (C=O) groups is 2. The van der Waals surface area contributed by atoms with Crippen LogP contribution in [-0.4, -0.2) is 42.0 Å². The number of ketones is 2. The van der Waals surface area contributed by atoms with Crippen molar-refractivity contribution in [3.63, 3.8) is 0 Å². The van der Waals surface area contributed by atoms with Crippen LogP contribution in [0.4, 0.5) is 0 Å². The number of benzene rings is 1. The molecule has 1 aliphatic rings. The van der Waals surface area contributed by atoms with E-state index in [1.54, 1.807) is 19.2 Å². The van der Waals surface area contributed by atoms with Crippen molar-refractivity contribution in [1.29, 1.82) is 0 Å². The van der Waals surface area contributed by atoms with E-state index < -0.39 is 5.92 Å². The minimum atomic E-state index is -0.405. The van der Waals surface area contributed by atoms with Gasteiger partial charge in [0.1, 0.15) is 23.9 Å². The molecule has 4 rings (SSSR count). The molecule has 1 aromatic carbocycles. The van der Waals surface area contributed by atoms with E-state index in [1.165, 1.54) is 0 Å². The van der Waals surface area contributed by atoms with Crippen molar-refractivity contribution < 1.29 is 23.6 Å².